The number of carbonyl (C=O) groups excluding carboxylic acids is 2. The van der Waals surface area contributed by atoms with Gasteiger partial charge in [-0.1, -0.05) is 34.1 Å². The van der Waals surface area contributed by atoms with Gasteiger partial charge in [-0.25, -0.2) is 0 Å². The third-order valence-electron chi connectivity index (χ3n) is 2.54. The van der Waals surface area contributed by atoms with E-state index in [9.17, 15) is 9.59 Å². The fourth-order valence-electron chi connectivity index (χ4n) is 1.57. The van der Waals surface area contributed by atoms with Crippen LogP contribution in [0.15, 0.2) is 0 Å². The van der Waals surface area contributed by atoms with Crippen molar-refractivity contribution in [2.24, 2.45) is 5.41 Å². The van der Waals surface area contributed by atoms with Gasteiger partial charge in [-0.05, 0) is 18.3 Å². The van der Waals surface area contributed by atoms with Crippen LogP contribution in [-0.2, 0) is 9.59 Å². The van der Waals surface area contributed by atoms with Crippen molar-refractivity contribution in [1.29, 1.82) is 0 Å². The number of amides is 1. The standard InChI is InChI=1S/C14H27NO2/c1-5-12(16)9-7-6-8-10-15-13(17)11-14(2,3)4/h5-11H2,1-4H3,(H,15,17). The van der Waals surface area contributed by atoms with E-state index in [2.05, 4.69) is 26.1 Å². The molecule has 1 amide bonds. The molecule has 0 saturated heterocycles. The zero-order chi connectivity index (χ0) is 13.3. The van der Waals surface area contributed by atoms with Gasteiger partial charge in [0.25, 0.3) is 0 Å². The second-order valence-electron chi connectivity index (χ2n) is 5.79. The largest absolute Gasteiger partial charge is 0.356 e. The van der Waals surface area contributed by atoms with Gasteiger partial charge in [-0.3, -0.25) is 9.59 Å². The second-order valence-corrected chi connectivity index (χ2v) is 5.79. The third kappa shape index (κ3) is 11.4. The first-order valence-corrected chi connectivity index (χ1v) is 6.63. The van der Waals surface area contributed by atoms with Gasteiger partial charge < -0.3 is 5.32 Å². The monoisotopic (exact) mass is 241 g/mol. The Morgan fingerprint density at radius 3 is 2.24 bits per heavy atom. The van der Waals surface area contributed by atoms with Crippen LogP contribution in [0.2, 0.25) is 0 Å². The molecule has 3 heteroatoms. The Morgan fingerprint density at radius 2 is 1.71 bits per heavy atom. The first-order chi connectivity index (χ1) is 7.85. The molecular formula is C14H27NO2. The first-order valence-electron chi connectivity index (χ1n) is 6.63. The summed E-state index contributed by atoms with van der Waals surface area (Å²) in [6, 6.07) is 0. The quantitative estimate of drug-likeness (QED) is 0.664. The van der Waals surface area contributed by atoms with Crippen LogP contribution in [0.25, 0.3) is 0 Å². The van der Waals surface area contributed by atoms with Crippen LogP contribution in [-0.4, -0.2) is 18.2 Å². The van der Waals surface area contributed by atoms with Crippen LogP contribution in [0.5, 0.6) is 0 Å². The second kappa shape index (κ2) is 8.26. The van der Waals surface area contributed by atoms with Crippen molar-refractivity contribution in [3.8, 4) is 0 Å². The molecule has 0 aliphatic rings. The fourth-order valence-corrected chi connectivity index (χ4v) is 1.57. The van der Waals surface area contributed by atoms with Gasteiger partial charge in [0.2, 0.25) is 5.91 Å². The normalized spacial score (nSPS) is 11.3. The molecule has 0 aromatic heterocycles. The van der Waals surface area contributed by atoms with E-state index in [0.717, 1.165) is 25.8 Å². The molecule has 3 nitrogen and oxygen atoms in total. The summed E-state index contributed by atoms with van der Waals surface area (Å²) in [5, 5.41) is 2.92. The maximum Gasteiger partial charge on any atom is 0.220 e. The van der Waals surface area contributed by atoms with E-state index in [0.29, 0.717) is 25.0 Å². The van der Waals surface area contributed by atoms with Gasteiger partial charge >= 0.3 is 0 Å². The molecule has 0 bridgehead atoms. The minimum absolute atomic E-state index is 0.0532. The summed E-state index contributed by atoms with van der Waals surface area (Å²) in [4.78, 5) is 22.5. The predicted molar refractivity (Wildman–Crippen MR) is 70.8 cm³/mol. The van der Waals surface area contributed by atoms with Crippen LogP contribution in [0, 0.1) is 5.41 Å². The van der Waals surface area contributed by atoms with Gasteiger partial charge in [0.15, 0.2) is 0 Å². The molecule has 0 aromatic carbocycles. The molecular weight excluding hydrogens is 214 g/mol. The summed E-state index contributed by atoms with van der Waals surface area (Å²) in [6.45, 7) is 8.80. The van der Waals surface area contributed by atoms with Gasteiger partial charge in [-0.15, -0.1) is 0 Å². The van der Waals surface area contributed by atoms with E-state index in [1.54, 1.807) is 0 Å². The Bertz CT molecular complexity index is 241. The number of rotatable bonds is 8. The summed E-state index contributed by atoms with van der Waals surface area (Å²) >= 11 is 0. The molecule has 0 spiro atoms. The molecule has 17 heavy (non-hydrogen) atoms. The van der Waals surface area contributed by atoms with E-state index < -0.39 is 0 Å². The van der Waals surface area contributed by atoms with Crippen molar-refractivity contribution in [3.05, 3.63) is 0 Å². The van der Waals surface area contributed by atoms with Gasteiger partial charge in [0.1, 0.15) is 5.78 Å². The minimum Gasteiger partial charge on any atom is -0.356 e. The van der Waals surface area contributed by atoms with E-state index in [-0.39, 0.29) is 11.3 Å². The highest BCUT2D eigenvalue weighted by molar-refractivity contribution is 5.78. The minimum atomic E-state index is 0.0532. The van der Waals surface area contributed by atoms with Crippen LogP contribution in [0.3, 0.4) is 0 Å². The average Bonchev–Trinajstić information content (AvgIpc) is 2.20. The van der Waals surface area contributed by atoms with Crippen molar-refractivity contribution in [2.45, 2.75) is 66.2 Å². The highest BCUT2D eigenvalue weighted by atomic mass is 16.1. The molecule has 0 aliphatic carbocycles. The summed E-state index contributed by atoms with van der Waals surface area (Å²) in [5.74, 6) is 0.462. The third-order valence-corrected chi connectivity index (χ3v) is 2.54. The molecule has 0 unspecified atom stereocenters. The van der Waals surface area contributed by atoms with E-state index in [1.165, 1.54) is 0 Å². The lowest BCUT2D eigenvalue weighted by Gasteiger charge is -2.17. The summed E-state index contributed by atoms with van der Waals surface area (Å²) in [5.41, 5.74) is 0.0532. The van der Waals surface area contributed by atoms with Crippen molar-refractivity contribution in [1.82, 2.24) is 5.32 Å². The Kier molecular flexibility index (Phi) is 7.85. The molecule has 0 fully saturated rings. The zero-order valence-corrected chi connectivity index (χ0v) is 11.8. The molecule has 100 valence electrons. The molecule has 1 N–H and O–H groups in total. The van der Waals surface area contributed by atoms with Gasteiger partial charge in [-0.2, -0.15) is 0 Å². The number of ketones is 1. The van der Waals surface area contributed by atoms with Crippen molar-refractivity contribution in [2.75, 3.05) is 6.54 Å². The molecule has 0 radical (unpaired) electrons. The molecule has 0 heterocycles. The number of hydrogen-bond acceptors (Lipinski definition) is 2. The molecule has 0 saturated carbocycles. The van der Waals surface area contributed by atoms with Gasteiger partial charge in [0, 0.05) is 25.8 Å². The SMILES string of the molecule is CCC(=O)CCCCCNC(=O)CC(C)(C)C. The Morgan fingerprint density at radius 1 is 1.06 bits per heavy atom. The Hall–Kier alpha value is -0.860. The van der Waals surface area contributed by atoms with Crippen molar-refractivity contribution >= 4 is 11.7 Å². The average molecular weight is 241 g/mol. The molecule has 0 rings (SSSR count). The molecule has 0 aromatic rings. The van der Waals surface area contributed by atoms with E-state index in [1.807, 2.05) is 6.92 Å². The zero-order valence-electron chi connectivity index (χ0n) is 11.8. The highest BCUT2D eigenvalue weighted by Crippen LogP contribution is 2.17. The van der Waals surface area contributed by atoms with Crippen LogP contribution >= 0.6 is 0 Å². The lowest BCUT2D eigenvalue weighted by atomic mass is 9.92. The number of carbonyl (C=O) groups is 2. The lowest BCUT2D eigenvalue weighted by Crippen LogP contribution is -2.28. The van der Waals surface area contributed by atoms with Crippen LogP contribution in [0.1, 0.15) is 66.2 Å². The first kappa shape index (κ1) is 16.1. The highest BCUT2D eigenvalue weighted by Gasteiger charge is 2.14. The Balaban J connectivity index is 3.40. The molecule has 0 aliphatic heterocycles. The number of unbranched alkanes of at least 4 members (excludes halogenated alkanes) is 2. The maximum absolute atomic E-state index is 11.5. The number of Topliss-reactive ketones (excluding diaryl/α,β-unsaturated/α-hetero) is 1. The summed E-state index contributed by atoms with van der Waals surface area (Å²) in [7, 11) is 0. The predicted octanol–water partition coefficient (Wildman–Crippen LogP) is 3.08. The van der Waals surface area contributed by atoms with Crippen molar-refractivity contribution in [3.63, 3.8) is 0 Å². The number of nitrogens with one attached hydrogen (secondary N) is 1. The fraction of sp³-hybridized carbons (Fsp3) is 0.857. The summed E-state index contributed by atoms with van der Waals surface area (Å²) in [6.07, 6.45) is 4.83. The van der Waals surface area contributed by atoms with E-state index in [4.69, 9.17) is 0 Å². The van der Waals surface area contributed by atoms with Crippen molar-refractivity contribution < 1.29 is 9.59 Å². The van der Waals surface area contributed by atoms with Crippen LogP contribution in [0.4, 0.5) is 0 Å². The van der Waals surface area contributed by atoms with E-state index >= 15 is 0 Å². The van der Waals surface area contributed by atoms with Crippen LogP contribution < -0.4 is 5.32 Å². The topological polar surface area (TPSA) is 46.2 Å². The maximum atomic E-state index is 11.5. The lowest BCUT2D eigenvalue weighted by molar-refractivity contribution is -0.123. The molecule has 0 atom stereocenters. The summed E-state index contributed by atoms with van der Waals surface area (Å²) < 4.78 is 0. The number of hydrogen-bond donors (Lipinski definition) is 1. The Labute approximate surface area is 105 Å². The van der Waals surface area contributed by atoms with Gasteiger partial charge in [0.05, 0.1) is 0 Å². The smallest absolute Gasteiger partial charge is 0.220 e.